The van der Waals surface area contributed by atoms with Crippen molar-refractivity contribution in [1.82, 2.24) is 5.16 Å². The Morgan fingerprint density at radius 2 is 2.04 bits per heavy atom. The Balaban J connectivity index is 1.53. The average molecular weight is 399 g/mol. The minimum atomic E-state index is -0.114. The zero-order chi connectivity index (χ0) is 16.2. The molecule has 3 rings (SSSR count). The van der Waals surface area contributed by atoms with Gasteiger partial charge in [0.25, 0.3) is 0 Å². The number of amides is 1. The molecule has 1 N–H and O–H groups in total. The lowest BCUT2D eigenvalue weighted by Crippen LogP contribution is -2.16. The number of ether oxygens (including phenoxy) is 2. The zero-order valence-electron chi connectivity index (χ0n) is 12.4. The van der Waals surface area contributed by atoms with Crippen LogP contribution in [0.3, 0.4) is 0 Å². The van der Waals surface area contributed by atoms with Gasteiger partial charge in [-0.15, -0.1) is 11.8 Å². The van der Waals surface area contributed by atoms with E-state index < -0.39 is 0 Å². The molecule has 1 aromatic heterocycles. The Morgan fingerprint density at radius 1 is 1.30 bits per heavy atom. The van der Waals surface area contributed by atoms with Gasteiger partial charge in [0.1, 0.15) is 19.0 Å². The van der Waals surface area contributed by atoms with Crippen molar-refractivity contribution in [1.29, 1.82) is 0 Å². The Hall–Kier alpha value is -1.67. The van der Waals surface area contributed by atoms with Gasteiger partial charge in [-0.05, 0) is 24.6 Å². The minimum absolute atomic E-state index is 0.114. The van der Waals surface area contributed by atoms with Gasteiger partial charge in [-0.25, -0.2) is 0 Å². The van der Waals surface area contributed by atoms with Crippen molar-refractivity contribution in [3.63, 3.8) is 0 Å². The Morgan fingerprint density at radius 3 is 2.74 bits per heavy atom. The summed E-state index contributed by atoms with van der Waals surface area (Å²) >= 11 is 5.04. The first-order chi connectivity index (χ1) is 11.1. The number of hydrogen-bond acceptors (Lipinski definition) is 6. The highest BCUT2D eigenvalue weighted by molar-refractivity contribution is 9.10. The molecule has 1 aromatic carbocycles. The van der Waals surface area contributed by atoms with Crippen LogP contribution in [0.2, 0.25) is 0 Å². The largest absolute Gasteiger partial charge is 0.486 e. The summed E-state index contributed by atoms with van der Waals surface area (Å²) < 4.78 is 17.0. The summed E-state index contributed by atoms with van der Waals surface area (Å²) in [5.41, 5.74) is 1.06. The monoisotopic (exact) mass is 398 g/mol. The fourth-order valence-electron chi connectivity index (χ4n) is 2.07. The van der Waals surface area contributed by atoms with Crippen LogP contribution in [0.15, 0.2) is 27.2 Å². The van der Waals surface area contributed by atoms with Crippen LogP contribution in [0.25, 0.3) is 0 Å². The highest BCUT2D eigenvalue weighted by Crippen LogP contribution is 2.36. The molecule has 0 aliphatic carbocycles. The summed E-state index contributed by atoms with van der Waals surface area (Å²) in [6.07, 6.45) is 0. The molecule has 0 fully saturated rings. The molecular formula is C15H15BrN2O4S. The number of thioether (sulfide) groups is 1. The van der Waals surface area contributed by atoms with Gasteiger partial charge < -0.3 is 19.3 Å². The zero-order valence-corrected chi connectivity index (χ0v) is 14.8. The van der Waals surface area contributed by atoms with Crippen molar-refractivity contribution in [3.05, 3.63) is 34.0 Å². The first-order valence-electron chi connectivity index (χ1n) is 7.01. The molecule has 0 unspecified atom stereocenters. The smallest absolute Gasteiger partial charge is 0.235 e. The molecule has 0 radical (unpaired) electrons. The van der Waals surface area contributed by atoms with Crippen molar-refractivity contribution in [3.8, 4) is 11.5 Å². The van der Waals surface area contributed by atoms with E-state index in [9.17, 15) is 4.79 Å². The molecule has 6 nitrogen and oxygen atoms in total. The second kappa shape index (κ2) is 7.27. The number of nitrogens with zero attached hydrogens (tertiary/aromatic N) is 1. The molecule has 1 aliphatic heterocycles. The van der Waals surface area contributed by atoms with Crippen molar-refractivity contribution in [2.75, 3.05) is 24.3 Å². The quantitative estimate of drug-likeness (QED) is 0.831. The minimum Gasteiger partial charge on any atom is -0.486 e. The molecule has 1 amide bonds. The Labute approximate surface area is 146 Å². The number of carbonyl (C=O) groups is 1. The predicted molar refractivity (Wildman–Crippen MR) is 91.2 cm³/mol. The molecule has 0 saturated carbocycles. The van der Waals surface area contributed by atoms with Gasteiger partial charge in [-0.3, -0.25) is 4.79 Å². The van der Waals surface area contributed by atoms with Crippen LogP contribution in [0, 0.1) is 6.92 Å². The maximum Gasteiger partial charge on any atom is 0.235 e. The fourth-order valence-corrected chi connectivity index (χ4v) is 3.54. The van der Waals surface area contributed by atoms with Crippen LogP contribution < -0.4 is 14.8 Å². The van der Waals surface area contributed by atoms with Gasteiger partial charge in [0.2, 0.25) is 5.91 Å². The number of hydrogen-bond donors (Lipinski definition) is 1. The molecule has 8 heteroatoms. The number of rotatable bonds is 5. The maximum absolute atomic E-state index is 11.9. The van der Waals surface area contributed by atoms with E-state index in [2.05, 4.69) is 26.4 Å². The van der Waals surface area contributed by atoms with Crippen molar-refractivity contribution < 1.29 is 18.8 Å². The summed E-state index contributed by atoms with van der Waals surface area (Å²) in [5.74, 6) is 3.49. The number of aromatic nitrogens is 1. The van der Waals surface area contributed by atoms with E-state index >= 15 is 0 Å². The van der Waals surface area contributed by atoms with Gasteiger partial charge in [0.15, 0.2) is 17.3 Å². The summed E-state index contributed by atoms with van der Waals surface area (Å²) in [6.45, 7) is 2.90. The summed E-state index contributed by atoms with van der Waals surface area (Å²) in [5, 5.41) is 6.42. The lowest BCUT2D eigenvalue weighted by atomic mass is 10.2. The highest BCUT2D eigenvalue weighted by atomic mass is 79.9. The number of nitrogens with one attached hydrogen (secondary N) is 1. The molecule has 0 bridgehead atoms. The molecular weight excluding hydrogens is 384 g/mol. The third kappa shape index (κ3) is 4.20. The van der Waals surface area contributed by atoms with E-state index in [-0.39, 0.29) is 5.91 Å². The van der Waals surface area contributed by atoms with E-state index in [0.29, 0.717) is 36.3 Å². The Kier molecular flexibility index (Phi) is 5.12. The number of carbonyl (C=O) groups excluding carboxylic acids is 1. The van der Waals surface area contributed by atoms with Crippen molar-refractivity contribution in [2.45, 2.75) is 12.7 Å². The van der Waals surface area contributed by atoms with Crippen molar-refractivity contribution >= 4 is 39.4 Å². The van der Waals surface area contributed by atoms with Gasteiger partial charge in [0, 0.05) is 16.3 Å². The maximum atomic E-state index is 11.9. The molecule has 1 aliphatic rings. The van der Waals surface area contributed by atoms with Crippen LogP contribution in [-0.2, 0) is 10.5 Å². The van der Waals surface area contributed by atoms with Crippen LogP contribution in [0.4, 0.5) is 5.82 Å². The molecule has 0 atom stereocenters. The molecule has 23 heavy (non-hydrogen) atoms. The molecule has 2 aromatic rings. The number of halogens is 1. The van der Waals surface area contributed by atoms with Crippen LogP contribution >= 0.6 is 27.7 Å². The SMILES string of the molecule is Cc1cc(NC(=O)CSCc2cc3c(cc2Br)OCCO3)no1. The third-order valence-electron chi connectivity index (χ3n) is 3.10. The van der Waals surface area contributed by atoms with Gasteiger partial charge in [-0.1, -0.05) is 21.1 Å². The second-order valence-electron chi connectivity index (χ2n) is 4.95. The first kappa shape index (κ1) is 16.2. The second-order valence-corrected chi connectivity index (χ2v) is 6.79. The van der Waals surface area contributed by atoms with Crippen LogP contribution in [0.5, 0.6) is 11.5 Å². The highest BCUT2D eigenvalue weighted by Gasteiger charge is 2.15. The van der Waals surface area contributed by atoms with Crippen LogP contribution in [0.1, 0.15) is 11.3 Å². The van der Waals surface area contributed by atoms with E-state index in [0.717, 1.165) is 21.5 Å². The van der Waals surface area contributed by atoms with Gasteiger partial charge in [0.05, 0.1) is 5.75 Å². The summed E-state index contributed by atoms with van der Waals surface area (Å²) in [6, 6.07) is 5.53. The molecule has 0 saturated heterocycles. The Bertz CT molecular complexity index is 719. The number of anilines is 1. The average Bonchev–Trinajstić information content (AvgIpc) is 2.92. The lowest BCUT2D eigenvalue weighted by Gasteiger charge is -2.19. The van der Waals surface area contributed by atoms with Gasteiger partial charge >= 0.3 is 0 Å². The molecule has 122 valence electrons. The number of benzene rings is 1. The van der Waals surface area contributed by atoms with E-state index in [4.69, 9.17) is 14.0 Å². The standard InChI is InChI=1S/C15H15BrN2O4S/c1-9-4-14(18-22-9)17-15(19)8-23-7-10-5-12-13(6-11(10)16)21-3-2-20-12/h4-6H,2-3,7-8H2,1H3,(H,17,18,19). The predicted octanol–water partition coefficient (Wildman–Crippen LogP) is 3.39. The summed E-state index contributed by atoms with van der Waals surface area (Å²) in [4.78, 5) is 11.9. The topological polar surface area (TPSA) is 73.6 Å². The van der Waals surface area contributed by atoms with Crippen molar-refractivity contribution in [2.24, 2.45) is 0 Å². The fraction of sp³-hybridized carbons (Fsp3) is 0.333. The molecule has 0 spiro atoms. The number of aryl methyl sites for hydroxylation is 1. The van der Waals surface area contributed by atoms with Gasteiger partial charge in [-0.2, -0.15) is 0 Å². The lowest BCUT2D eigenvalue weighted by molar-refractivity contribution is -0.113. The van der Waals surface area contributed by atoms with E-state index in [1.54, 1.807) is 13.0 Å². The number of fused-ring (bicyclic) bond motifs is 1. The third-order valence-corrected chi connectivity index (χ3v) is 4.82. The van der Waals surface area contributed by atoms with Crippen LogP contribution in [-0.4, -0.2) is 30.0 Å². The molecule has 2 heterocycles. The van der Waals surface area contributed by atoms with E-state index in [1.807, 2.05) is 12.1 Å². The summed E-state index contributed by atoms with van der Waals surface area (Å²) in [7, 11) is 0. The van der Waals surface area contributed by atoms with E-state index in [1.165, 1.54) is 11.8 Å². The normalized spacial score (nSPS) is 13.0. The first-order valence-corrected chi connectivity index (χ1v) is 8.95.